The van der Waals surface area contributed by atoms with Crippen LogP contribution in [0, 0.1) is 6.92 Å². The van der Waals surface area contributed by atoms with Gasteiger partial charge in [-0.25, -0.2) is 0 Å². The summed E-state index contributed by atoms with van der Waals surface area (Å²) < 4.78 is 1.38. The van der Waals surface area contributed by atoms with Crippen LogP contribution in [0.25, 0.3) is 0 Å². The minimum atomic E-state index is -0.0770. The van der Waals surface area contributed by atoms with Gasteiger partial charge in [-0.05, 0) is 43.7 Å². The highest BCUT2D eigenvalue weighted by Crippen LogP contribution is 2.36. The van der Waals surface area contributed by atoms with E-state index in [0.717, 1.165) is 22.5 Å². The molecule has 0 aliphatic heterocycles. The molecule has 2 rings (SSSR count). The zero-order valence-corrected chi connectivity index (χ0v) is 14.3. The molecular formula is C15H16Cl2N2OS. The molecule has 0 spiro atoms. The fraction of sp³-hybridized carbons (Fsp3) is 0.267. The van der Waals surface area contributed by atoms with Gasteiger partial charge in [-0.15, -0.1) is 11.3 Å². The summed E-state index contributed by atoms with van der Waals surface area (Å²) >= 11 is 13.5. The van der Waals surface area contributed by atoms with E-state index in [1.807, 2.05) is 38.1 Å². The maximum absolute atomic E-state index is 11.1. The number of rotatable bonds is 4. The standard InChI is InChI=1S/C15H16Cl2N2OS/c1-8-6-11(4-5-13(8)19-10(3)20)18-9(2)12-7-14(16)21-15(12)17/h4-7,9,18H,1-3H3,(H,19,20). The summed E-state index contributed by atoms with van der Waals surface area (Å²) in [6.07, 6.45) is 0. The summed E-state index contributed by atoms with van der Waals surface area (Å²) in [6.45, 7) is 5.48. The predicted octanol–water partition coefficient (Wildman–Crippen LogP) is 5.49. The number of carbonyl (C=O) groups is 1. The van der Waals surface area contributed by atoms with E-state index in [0.29, 0.717) is 8.67 Å². The first kappa shape index (κ1) is 16.1. The second-order valence-electron chi connectivity index (χ2n) is 4.86. The van der Waals surface area contributed by atoms with Crippen LogP contribution in [-0.2, 0) is 4.79 Å². The molecule has 2 N–H and O–H groups in total. The zero-order valence-electron chi connectivity index (χ0n) is 12.0. The van der Waals surface area contributed by atoms with Gasteiger partial charge in [0.15, 0.2) is 0 Å². The second kappa shape index (κ2) is 6.69. The minimum absolute atomic E-state index is 0.0484. The van der Waals surface area contributed by atoms with E-state index in [2.05, 4.69) is 10.6 Å². The van der Waals surface area contributed by atoms with Crippen molar-refractivity contribution in [2.75, 3.05) is 10.6 Å². The van der Waals surface area contributed by atoms with E-state index in [-0.39, 0.29) is 11.9 Å². The Balaban J connectivity index is 2.14. The van der Waals surface area contributed by atoms with Gasteiger partial charge in [-0.1, -0.05) is 23.2 Å². The number of amides is 1. The fourth-order valence-corrected chi connectivity index (χ4v) is 3.71. The van der Waals surface area contributed by atoms with Crippen molar-refractivity contribution in [3.8, 4) is 0 Å². The van der Waals surface area contributed by atoms with E-state index in [1.54, 1.807) is 0 Å². The molecule has 6 heteroatoms. The van der Waals surface area contributed by atoms with Crippen molar-refractivity contribution in [3.63, 3.8) is 0 Å². The molecule has 0 aliphatic carbocycles. The maximum atomic E-state index is 11.1. The average Bonchev–Trinajstić information content (AvgIpc) is 2.71. The summed E-state index contributed by atoms with van der Waals surface area (Å²) in [6, 6.07) is 7.73. The normalized spacial score (nSPS) is 12.0. The Hall–Kier alpha value is -1.23. The molecule has 1 atom stereocenters. The Morgan fingerprint density at radius 1 is 1.29 bits per heavy atom. The van der Waals surface area contributed by atoms with Crippen LogP contribution in [0.1, 0.15) is 31.0 Å². The van der Waals surface area contributed by atoms with Crippen LogP contribution >= 0.6 is 34.5 Å². The number of nitrogens with one attached hydrogen (secondary N) is 2. The van der Waals surface area contributed by atoms with Crippen molar-refractivity contribution < 1.29 is 4.79 Å². The molecule has 0 fully saturated rings. The topological polar surface area (TPSA) is 41.1 Å². The van der Waals surface area contributed by atoms with E-state index in [9.17, 15) is 4.79 Å². The van der Waals surface area contributed by atoms with Gasteiger partial charge in [0.1, 0.15) is 0 Å². The molecule has 112 valence electrons. The molecule has 1 aromatic heterocycles. The lowest BCUT2D eigenvalue weighted by Gasteiger charge is -2.16. The van der Waals surface area contributed by atoms with Crippen molar-refractivity contribution in [2.24, 2.45) is 0 Å². The molecule has 1 aromatic carbocycles. The smallest absolute Gasteiger partial charge is 0.221 e. The van der Waals surface area contributed by atoms with Crippen molar-refractivity contribution in [1.82, 2.24) is 0 Å². The molecule has 1 unspecified atom stereocenters. The van der Waals surface area contributed by atoms with Crippen LogP contribution in [0.2, 0.25) is 8.67 Å². The van der Waals surface area contributed by atoms with Gasteiger partial charge < -0.3 is 10.6 Å². The number of aryl methyl sites for hydroxylation is 1. The average molecular weight is 343 g/mol. The van der Waals surface area contributed by atoms with Crippen molar-refractivity contribution in [2.45, 2.75) is 26.8 Å². The molecule has 0 saturated carbocycles. The van der Waals surface area contributed by atoms with Crippen LogP contribution in [-0.4, -0.2) is 5.91 Å². The molecule has 0 aliphatic rings. The number of hydrogen-bond donors (Lipinski definition) is 2. The third-order valence-electron chi connectivity index (χ3n) is 3.07. The number of thiophene rings is 1. The summed E-state index contributed by atoms with van der Waals surface area (Å²) in [4.78, 5) is 11.1. The van der Waals surface area contributed by atoms with Crippen LogP contribution in [0.4, 0.5) is 11.4 Å². The first-order chi connectivity index (χ1) is 9.86. The van der Waals surface area contributed by atoms with Crippen molar-refractivity contribution in [1.29, 1.82) is 0 Å². The highest BCUT2D eigenvalue weighted by atomic mass is 35.5. The molecule has 0 radical (unpaired) electrons. The van der Waals surface area contributed by atoms with Crippen molar-refractivity contribution >= 4 is 51.8 Å². The molecule has 0 saturated heterocycles. The van der Waals surface area contributed by atoms with Gasteiger partial charge in [-0.3, -0.25) is 4.79 Å². The Kier molecular flexibility index (Phi) is 5.14. The van der Waals surface area contributed by atoms with Gasteiger partial charge in [0.05, 0.1) is 14.7 Å². The molecule has 3 nitrogen and oxygen atoms in total. The van der Waals surface area contributed by atoms with E-state index < -0.39 is 0 Å². The first-order valence-corrected chi connectivity index (χ1v) is 8.03. The molecule has 1 amide bonds. The van der Waals surface area contributed by atoms with Crippen LogP contribution in [0.3, 0.4) is 0 Å². The maximum Gasteiger partial charge on any atom is 0.221 e. The molecule has 2 aromatic rings. The van der Waals surface area contributed by atoms with Gasteiger partial charge in [0.25, 0.3) is 0 Å². The largest absolute Gasteiger partial charge is 0.378 e. The van der Waals surface area contributed by atoms with Crippen LogP contribution in [0.15, 0.2) is 24.3 Å². The summed E-state index contributed by atoms with van der Waals surface area (Å²) in [7, 11) is 0. The second-order valence-corrected chi connectivity index (χ2v) is 7.14. The highest BCUT2D eigenvalue weighted by Gasteiger charge is 2.13. The highest BCUT2D eigenvalue weighted by molar-refractivity contribution is 7.20. The zero-order chi connectivity index (χ0) is 15.6. The van der Waals surface area contributed by atoms with Gasteiger partial charge >= 0.3 is 0 Å². The number of carbonyl (C=O) groups excluding carboxylic acids is 1. The number of anilines is 2. The Morgan fingerprint density at radius 3 is 2.52 bits per heavy atom. The van der Waals surface area contributed by atoms with Gasteiger partial charge in [-0.2, -0.15) is 0 Å². The summed E-state index contributed by atoms with van der Waals surface area (Å²) in [5, 5.41) is 6.18. The molecule has 1 heterocycles. The van der Waals surface area contributed by atoms with E-state index in [1.165, 1.54) is 18.3 Å². The monoisotopic (exact) mass is 342 g/mol. The number of hydrogen-bond acceptors (Lipinski definition) is 3. The Bertz CT molecular complexity index is 670. The summed E-state index contributed by atoms with van der Waals surface area (Å²) in [5.74, 6) is -0.0770. The Morgan fingerprint density at radius 2 is 2.00 bits per heavy atom. The quantitative estimate of drug-likeness (QED) is 0.770. The van der Waals surface area contributed by atoms with E-state index in [4.69, 9.17) is 23.2 Å². The SMILES string of the molecule is CC(=O)Nc1ccc(NC(C)c2cc(Cl)sc2Cl)cc1C. The minimum Gasteiger partial charge on any atom is -0.378 e. The van der Waals surface area contributed by atoms with Gasteiger partial charge in [0, 0.05) is 23.9 Å². The number of halogens is 2. The van der Waals surface area contributed by atoms with Crippen molar-refractivity contribution in [3.05, 3.63) is 44.1 Å². The lowest BCUT2D eigenvalue weighted by atomic mass is 10.1. The number of benzene rings is 1. The third kappa shape index (κ3) is 4.13. The van der Waals surface area contributed by atoms with Gasteiger partial charge in [0.2, 0.25) is 5.91 Å². The summed E-state index contributed by atoms with van der Waals surface area (Å²) in [5.41, 5.74) is 3.76. The first-order valence-electron chi connectivity index (χ1n) is 6.46. The lowest BCUT2D eigenvalue weighted by molar-refractivity contribution is -0.114. The Labute approximate surface area is 138 Å². The fourth-order valence-electron chi connectivity index (χ4n) is 2.06. The third-order valence-corrected chi connectivity index (χ3v) is 4.59. The molecule has 0 bridgehead atoms. The molecular weight excluding hydrogens is 327 g/mol. The van der Waals surface area contributed by atoms with E-state index >= 15 is 0 Å². The molecule has 21 heavy (non-hydrogen) atoms. The predicted molar refractivity (Wildman–Crippen MR) is 91.9 cm³/mol. The lowest BCUT2D eigenvalue weighted by Crippen LogP contribution is -2.09. The van der Waals surface area contributed by atoms with Crippen LogP contribution in [0.5, 0.6) is 0 Å². The van der Waals surface area contributed by atoms with Crippen LogP contribution < -0.4 is 10.6 Å².